The Morgan fingerprint density at radius 1 is 0.778 bits per heavy atom. The molecule has 5 nitrogen and oxygen atoms in total. The highest BCUT2D eigenvalue weighted by atomic mass is 16.1. The Balaban J connectivity index is -0.0000000731. The van der Waals surface area contributed by atoms with Crippen molar-refractivity contribution < 1.29 is 19.2 Å². The molecular weight excluding hydrogens is 234 g/mol. The van der Waals surface area contributed by atoms with Gasteiger partial charge in [-0.25, -0.2) is 0 Å². The molecule has 0 spiro atoms. The standard InChI is InChI=1S/C4H6O.C3H5NO.2C3H6O/c1-3-4(2)5;1-2-3(4)5;2*1-3(2)4/h3H,1H2,2H3;2H,1H2,(H2,4,5);2*1-2H3. The lowest BCUT2D eigenvalue weighted by molar-refractivity contribution is -0.115. The van der Waals surface area contributed by atoms with Gasteiger partial charge in [-0.15, -0.1) is 0 Å². The second-order valence-electron chi connectivity index (χ2n) is 3.24. The van der Waals surface area contributed by atoms with Crippen LogP contribution in [0.5, 0.6) is 0 Å². The van der Waals surface area contributed by atoms with Crippen LogP contribution in [-0.2, 0) is 19.2 Å². The third-order valence-corrected chi connectivity index (χ3v) is 0.489. The fourth-order valence-electron chi connectivity index (χ4n) is 0. The van der Waals surface area contributed by atoms with Crippen molar-refractivity contribution in [3.05, 3.63) is 25.3 Å². The molecule has 0 heterocycles. The van der Waals surface area contributed by atoms with E-state index >= 15 is 0 Å². The summed E-state index contributed by atoms with van der Waals surface area (Å²) in [5, 5.41) is 0. The number of carbonyl (C=O) groups excluding carboxylic acids is 4. The molecule has 2 N–H and O–H groups in total. The summed E-state index contributed by atoms with van der Waals surface area (Å²) in [7, 11) is 0. The number of ketones is 3. The van der Waals surface area contributed by atoms with Crippen LogP contribution >= 0.6 is 0 Å². The molecule has 0 aliphatic heterocycles. The lowest BCUT2D eigenvalue weighted by atomic mass is 10.5. The van der Waals surface area contributed by atoms with Gasteiger partial charge in [0, 0.05) is 0 Å². The van der Waals surface area contributed by atoms with Gasteiger partial charge in [-0.3, -0.25) is 9.59 Å². The molecule has 0 aliphatic carbocycles. The van der Waals surface area contributed by atoms with Crippen LogP contribution in [-0.4, -0.2) is 23.3 Å². The largest absolute Gasteiger partial charge is 0.366 e. The van der Waals surface area contributed by atoms with Crippen LogP contribution in [0.25, 0.3) is 0 Å². The zero-order chi connectivity index (χ0) is 15.7. The van der Waals surface area contributed by atoms with Crippen molar-refractivity contribution >= 4 is 23.3 Å². The molecule has 5 heteroatoms. The number of carbonyl (C=O) groups is 4. The molecule has 0 unspecified atom stereocenters. The maximum Gasteiger partial charge on any atom is 0.240 e. The minimum absolute atomic E-state index is 0.0185. The number of allylic oxidation sites excluding steroid dienone is 1. The van der Waals surface area contributed by atoms with Crippen molar-refractivity contribution in [3.8, 4) is 0 Å². The van der Waals surface area contributed by atoms with Crippen LogP contribution in [0.1, 0.15) is 34.6 Å². The topological polar surface area (TPSA) is 94.3 Å². The third kappa shape index (κ3) is 610. The maximum absolute atomic E-state index is 9.69. The highest BCUT2D eigenvalue weighted by Gasteiger charge is 1.70. The van der Waals surface area contributed by atoms with E-state index in [-0.39, 0.29) is 17.3 Å². The SMILES string of the molecule is C=CC(C)=O.C=CC(N)=O.CC(C)=O.CC(C)=O. The predicted molar refractivity (Wildman–Crippen MR) is 73.0 cm³/mol. The number of nitrogens with two attached hydrogens (primary N) is 1. The van der Waals surface area contributed by atoms with E-state index in [2.05, 4.69) is 18.9 Å². The van der Waals surface area contributed by atoms with Crippen molar-refractivity contribution in [1.29, 1.82) is 0 Å². The molecule has 0 saturated carbocycles. The van der Waals surface area contributed by atoms with Gasteiger partial charge < -0.3 is 15.3 Å². The zero-order valence-electron chi connectivity index (χ0n) is 11.8. The molecule has 18 heavy (non-hydrogen) atoms. The first-order chi connectivity index (χ1) is 8.00. The number of Topliss-reactive ketones (excluding diaryl/α,β-unsaturated/α-hetero) is 2. The molecular formula is C13H23NO4. The van der Waals surface area contributed by atoms with Crippen LogP contribution in [0.15, 0.2) is 25.3 Å². The van der Waals surface area contributed by atoms with Crippen LogP contribution in [0.4, 0.5) is 0 Å². The molecule has 0 atom stereocenters. The quantitative estimate of drug-likeness (QED) is 0.760. The van der Waals surface area contributed by atoms with Crippen molar-refractivity contribution in [2.24, 2.45) is 5.73 Å². The van der Waals surface area contributed by atoms with Gasteiger partial charge in [0.25, 0.3) is 0 Å². The fourth-order valence-corrected chi connectivity index (χ4v) is 0. The van der Waals surface area contributed by atoms with E-state index in [9.17, 15) is 19.2 Å². The van der Waals surface area contributed by atoms with Gasteiger partial charge in [0.15, 0.2) is 5.78 Å². The molecule has 0 aromatic carbocycles. The number of primary amides is 1. The van der Waals surface area contributed by atoms with Gasteiger partial charge in [0.1, 0.15) is 11.6 Å². The molecule has 0 rings (SSSR count). The van der Waals surface area contributed by atoms with E-state index < -0.39 is 5.91 Å². The summed E-state index contributed by atoms with van der Waals surface area (Å²) < 4.78 is 0. The molecule has 0 saturated heterocycles. The second kappa shape index (κ2) is 20.4. The Morgan fingerprint density at radius 3 is 0.889 bits per heavy atom. The Kier molecular flexibility index (Phi) is 28.3. The van der Waals surface area contributed by atoms with E-state index in [1.165, 1.54) is 40.7 Å². The first kappa shape index (κ1) is 25.0. The number of rotatable bonds is 2. The number of amides is 1. The molecule has 0 aromatic heterocycles. The number of hydrogen-bond donors (Lipinski definition) is 1. The molecule has 1 amide bonds. The summed E-state index contributed by atoms with van der Waals surface area (Å²) in [4.78, 5) is 38.1. The Hall–Kier alpha value is -2.04. The van der Waals surface area contributed by atoms with Gasteiger partial charge in [-0.1, -0.05) is 13.2 Å². The molecule has 0 fully saturated rings. The van der Waals surface area contributed by atoms with Crippen LogP contribution in [0, 0.1) is 0 Å². The molecule has 104 valence electrons. The molecule has 0 radical (unpaired) electrons. The summed E-state index contributed by atoms with van der Waals surface area (Å²) in [5.41, 5.74) is 4.53. The summed E-state index contributed by atoms with van der Waals surface area (Å²) in [6, 6.07) is 0. The molecule has 0 aliphatic rings. The maximum atomic E-state index is 9.69. The molecule has 0 aromatic rings. The van der Waals surface area contributed by atoms with E-state index in [0.29, 0.717) is 0 Å². The van der Waals surface area contributed by atoms with E-state index in [1.54, 1.807) is 0 Å². The summed E-state index contributed by atoms with van der Waals surface area (Å²) in [6.07, 6.45) is 2.33. The minimum Gasteiger partial charge on any atom is -0.366 e. The zero-order valence-corrected chi connectivity index (χ0v) is 11.8. The van der Waals surface area contributed by atoms with E-state index in [0.717, 1.165) is 6.08 Å². The highest BCUT2D eigenvalue weighted by molar-refractivity contribution is 5.86. The Bertz CT molecular complexity index is 255. The van der Waals surface area contributed by atoms with Crippen LogP contribution < -0.4 is 5.73 Å². The Morgan fingerprint density at radius 2 is 0.889 bits per heavy atom. The second-order valence-corrected chi connectivity index (χ2v) is 3.24. The van der Waals surface area contributed by atoms with Gasteiger partial charge in [0.05, 0.1) is 0 Å². The summed E-state index contributed by atoms with van der Waals surface area (Å²) in [6.45, 7) is 13.9. The normalized spacial score (nSPS) is 6.50. The van der Waals surface area contributed by atoms with Crippen molar-refractivity contribution in [2.45, 2.75) is 34.6 Å². The first-order valence-corrected chi connectivity index (χ1v) is 5.00. The summed E-state index contributed by atoms with van der Waals surface area (Å²) >= 11 is 0. The van der Waals surface area contributed by atoms with Crippen molar-refractivity contribution in [3.63, 3.8) is 0 Å². The van der Waals surface area contributed by atoms with E-state index in [1.807, 2.05) is 0 Å². The third-order valence-electron chi connectivity index (χ3n) is 0.489. The van der Waals surface area contributed by atoms with Crippen molar-refractivity contribution in [2.75, 3.05) is 0 Å². The van der Waals surface area contributed by atoms with Gasteiger partial charge in [-0.05, 0) is 46.8 Å². The molecule has 0 bridgehead atoms. The smallest absolute Gasteiger partial charge is 0.240 e. The number of hydrogen-bond acceptors (Lipinski definition) is 4. The fraction of sp³-hybridized carbons (Fsp3) is 0.385. The lowest BCUT2D eigenvalue weighted by Gasteiger charge is -1.65. The van der Waals surface area contributed by atoms with E-state index in [4.69, 9.17) is 0 Å². The average Bonchev–Trinajstić information content (AvgIpc) is 2.16. The lowest BCUT2D eigenvalue weighted by Crippen LogP contribution is -2.04. The van der Waals surface area contributed by atoms with Crippen molar-refractivity contribution in [1.82, 2.24) is 0 Å². The van der Waals surface area contributed by atoms with Gasteiger partial charge >= 0.3 is 0 Å². The van der Waals surface area contributed by atoms with Gasteiger partial charge in [-0.2, -0.15) is 0 Å². The highest BCUT2D eigenvalue weighted by Crippen LogP contribution is 1.60. The first-order valence-electron chi connectivity index (χ1n) is 5.00. The average molecular weight is 257 g/mol. The summed E-state index contributed by atoms with van der Waals surface area (Å²) in [5.74, 6) is -0.130. The van der Waals surface area contributed by atoms with Gasteiger partial charge in [0.2, 0.25) is 5.91 Å². The van der Waals surface area contributed by atoms with Crippen LogP contribution in [0.2, 0.25) is 0 Å². The predicted octanol–water partition coefficient (Wildman–Crippen LogP) is 1.61. The van der Waals surface area contributed by atoms with Crippen LogP contribution in [0.3, 0.4) is 0 Å². The Labute approximate surface area is 109 Å². The monoisotopic (exact) mass is 257 g/mol. The minimum atomic E-state index is -0.481.